The lowest BCUT2D eigenvalue weighted by atomic mass is 9.92. The Bertz CT molecular complexity index is 866. The Morgan fingerprint density at radius 3 is 1.68 bits per heavy atom. The maximum Gasteiger partial charge on any atom is 0.174 e. The van der Waals surface area contributed by atoms with Gasteiger partial charge in [0.15, 0.2) is 5.78 Å². The lowest BCUT2D eigenvalue weighted by Gasteiger charge is -2.17. The van der Waals surface area contributed by atoms with E-state index in [1.54, 1.807) is 0 Å². The molecule has 0 spiro atoms. The SMILES string of the molecule is CC(C)=CCc1c(O)c(CC=C(C)C)c(O)c(C(=O)Cc2ccccc2)c1O. The zero-order chi connectivity index (χ0) is 20.8. The fourth-order valence-electron chi connectivity index (χ4n) is 2.95. The van der Waals surface area contributed by atoms with Crippen LogP contribution in [0.25, 0.3) is 0 Å². The Labute approximate surface area is 166 Å². The van der Waals surface area contributed by atoms with Crippen LogP contribution in [0.5, 0.6) is 17.2 Å². The third-order valence-electron chi connectivity index (χ3n) is 4.53. The number of hydrogen-bond donors (Lipinski definition) is 3. The van der Waals surface area contributed by atoms with Crippen LogP contribution in [0, 0.1) is 0 Å². The van der Waals surface area contributed by atoms with E-state index in [9.17, 15) is 20.1 Å². The van der Waals surface area contributed by atoms with E-state index in [4.69, 9.17) is 0 Å². The molecule has 0 fully saturated rings. The number of ketones is 1. The van der Waals surface area contributed by atoms with E-state index in [2.05, 4.69) is 0 Å². The zero-order valence-corrected chi connectivity index (χ0v) is 16.9. The number of hydrogen-bond acceptors (Lipinski definition) is 4. The van der Waals surface area contributed by atoms with Crippen molar-refractivity contribution in [2.24, 2.45) is 0 Å². The van der Waals surface area contributed by atoms with Crippen LogP contribution in [0.4, 0.5) is 0 Å². The summed E-state index contributed by atoms with van der Waals surface area (Å²) in [5, 5.41) is 32.1. The van der Waals surface area contributed by atoms with Crippen LogP contribution in [-0.2, 0) is 19.3 Å². The summed E-state index contributed by atoms with van der Waals surface area (Å²) < 4.78 is 0. The van der Waals surface area contributed by atoms with Crippen LogP contribution in [-0.4, -0.2) is 21.1 Å². The number of carbonyl (C=O) groups excluding carboxylic acids is 1. The van der Waals surface area contributed by atoms with Crippen LogP contribution in [0.2, 0.25) is 0 Å². The Balaban J connectivity index is 2.60. The van der Waals surface area contributed by atoms with Gasteiger partial charge in [0.05, 0.1) is 0 Å². The van der Waals surface area contributed by atoms with Gasteiger partial charge in [-0.3, -0.25) is 4.79 Å². The quantitative estimate of drug-likeness (QED) is 0.453. The van der Waals surface area contributed by atoms with Gasteiger partial charge in [0.25, 0.3) is 0 Å². The first-order valence-corrected chi connectivity index (χ1v) is 9.34. The summed E-state index contributed by atoms with van der Waals surface area (Å²) in [4.78, 5) is 12.9. The predicted molar refractivity (Wildman–Crippen MR) is 112 cm³/mol. The number of aromatic hydroxyl groups is 3. The summed E-state index contributed by atoms with van der Waals surface area (Å²) in [5.74, 6) is -1.26. The monoisotopic (exact) mass is 380 g/mol. The summed E-state index contributed by atoms with van der Waals surface area (Å²) in [6.45, 7) is 7.67. The zero-order valence-electron chi connectivity index (χ0n) is 16.9. The van der Waals surface area contributed by atoms with E-state index < -0.39 is 5.78 Å². The fraction of sp³-hybridized carbons (Fsp3) is 0.292. The minimum Gasteiger partial charge on any atom is -0.507 e. The first-order valence-electron chi connectivity index (χ1n) is 9.34. The summed E-state index contributed by atoms with van der Waals surface area (Å²) in [5.41, 5.74) is 3.22. The molecule has 4 heteroatoms. The molecule has 148 valence electrons. The van der Waals surface area contributed by atoms with Crippen molar-refractivity contribution in [3.05, 3.63) is 75.9 Å². The van der Waals surface area contributed by atoms with Gasteiger partial charge in [-0.05, 0) is 46.1 Å². The molecule has 0 unspecified atom stereocenters. The first kappa shape index (κ1) is 21.3. The molecule has 28 heavy (non-hydrogen) atoms. The number of phenols is 3. The van der Waals surface area contributed by atoms with Gasteiger partial charge in [-0.15, -0.1) is 0 Å². The summed E-state index contributed by atoms with van der Waals surface area (Å²) in [6, 6.07) is 9.17. The molecule has 0 aromatic heterocycles. The summed E-state index contributed by atoms with van der Waals surface area (Å²) in [7, 11) is 0. The second-order valence-corrected chi connectivity index (χ2v) is 7.43. The van der Waals surface area contributed by atoms with Crippen molar-refractivity contribution in [3.63, 3.8) is 0 Å². The van der Waals surface area contributed by atoms with Crippen molar-refractivity contribution in [2.45, 2.75) is 47.0 Å². The Kier molecular flexibility index (Phi) is 7.05. The normalized spacial score (nSPS) is 10.4. The fourth-order valence-corrected chi connectivity index (χ4v) is 2.95. The van der Waals surface area contributed by atoms with Crippen molar-refractivity contribution < 1.29 is 20.1 Å². The van der Waals surface area contributed by atoms with Gasteiger partial charge >= 0.3 is 0 Å². The molecule has 0 heterocycles. The van der Waals surface area contributed by atoms with E-state index in [1.165, 1.54) is 0 Å². The van der Waals surface area contributed by atoms with Gasteiger partial charge in [-0.1, -0.05) is 53.6 Å². The molecule has 2 aromatic carbocycles. The highest BCUT2D eigenvalue weighted by atomic mass is 16.3. The molecule has 3 N–H and O–H groups in total. The number of rotatable bonds is 7. The highest BCUT2D eigenvalue weighted by Crippen LogP contribution is 2.43. The van der Waals surface area contributed by atoms with Crippen molar-refractivity contribution in [2.75, 3.05) is 0 Å². The highest BCUT2D eigenvalue weighted by Gasteiger charge is 2.26. The van der Waals surface area contributed by atoms with Gasteiger partial charge in [0, 0.05) is 17.5 Å². The van der Waals surface area contributed by atoms with E-state index >= 15 is 0 Å². The maximum atomic E-state index is 12.9. The minimum atomic E-state index is -0.391. The lowest BCUT2D eigenvalue weighted by molar-refractivity contribution is 0.0987. The molecule has 0 bridgehead atoms. The second-order valence-electron chi connectivity index (χ2n) is 7.43. The molecule has 0 atom stereocenters. The summed E-state index contributed by atoms with van der Waals surface area (Å²) >= 11 is 0. The molecule has 0 saturated heterocycles. The average Bonchev–Trinajstić information content (AvgIpc) is 2.61. The third kappa shape index (κ3) is 5.03. The van der Waals surface area contributed by atoms with E-state index in [0.29, 0.717) is 0 Å². The highest BCUT2D eigenvalue weighted by molar-refractivity contribution is 6.03. The molecule has 0 saturated carbocycles. The number of Topliss-reactive ketones (excluding diaryl/α,β-unsaturated/α-hetero) is 1. The van der Waals surface area contributed by atoms with Crippen LogP contribution >= 0.6 is 0 Å². The molecule has 0 amide bonds. The molecule has 4 nitrogen and oxygen atoms in total. The van der Waals surface area contributed by atoms with Crippen molar-refractivity contribution in [1.29, 1.82) is 0 Å². The molecular formula is C24H28O4. The van der Waals surface area contributed by atoms with Gasteiger partial charge in [-0.2, -0.15) is 0 Å². The molecule has 0 radical (unpaired) electrons. The number of allylic oxidation sites excluding steroid dienone is 4. The maximum absolute atomic E-state index is 12.9. The molecular weight excluding hydrogens is 352 g/mol. The largest absolute Gasteiger partial charge is 0.507 e. The molecule has 0 aliphatic heterocycles. The van der Waals surface area contributed by atoms with Crippen LogP contribution in [0.15, 0.2) is 53.6 Å². The second kappa shape index (κ2) is 9.27. The van der Waals surface area contributed by atoms with Gasteiger partial charge in [-0.25, -0.2) is 0 Å². The lowest BCUT2D eigenvalue weighted by Crippen LogP contribution is -2.08. The molecule has 0 aliphatic rings. The molecule has 2 rings (SSSR count). The van der Waals surface area contributed by atoms with E-state index in [-0.39, 0.29) is 53.2 Å². The smallest absolute Gasteiger partial charge is 0.174 e. The summed E-state index contributed by atoms with van der Waals surface area (Å²) in [6.07, 6.45) is 4.32. The van der Waals surface area contributed by atoms with Crippen molar-refractivity contribution in [1.82, 2.24) is 0 Å². The van der Waals surface area contributed by atoms with E-state index in [1.807, 2.05) is 70.2 Å². The third-order valence-corrected chi connectivity index (χ3v) is 4.53. The number of carbonyl (C=O) groups is 1. The Morgan fingerprint density at radius 1 is 0.786 bits per heavy atom. The molecule has 0 aliphatic carbocycles. The Hall–Kier alpha value is -3.01. The standard InChI is InChI=1S/C24H28O4/c1-15(2)10-12-18-22(26)19(13-11-16(3)4)24(28)21(23(18)27)20(25)14-17-8-6-5-7-9-17/h5-11,26-28H,12-14H2,1-4H3. The van der Waals surface area contributed by atoms with Crippen molar-refractivity contribution >= 4 is 5.78 Å². The predicted octanol–water partition coefficient (Wildman–Crippen LogP) is 5.25. The first-order chi connectivity index (χ1) is 13.2. The average molecular weight is 380 g/mol. The van der Waals surface area contributed by atoms with Gasteiger partial charge in [0.2, 0.25) is 0 Å². The van der Waals surface area contributed by atoms with Crippen LogP contribution in [0.3, 0.4) is 0 Å². The van der Waals surface area contributed by atoms with Gasteiger partial charge < -0.3 is 15.3 Å². The number of benzene rings is 2. The topological polar surface area (TPSA) is 77.8 Å². The van der Waals surface area contributed by atoms with Gasteiger partial charge in [0.1, 0.15) is 22.8 Å². The minimum absolute atomic E-state index is 0.0525. The Morgan fingerprint density at radius 2 is 1.25 bits per heavy atom. The van der Waals surface area contributed by atoms with Crippen LogP contribution < -0.4 is 0 Å². The molecule has 2 aromatic rings. The number of phenolic OH excluding ortho intramolecular Hbond substituents is 3. The van der Waals surface area contributed by atoms with E-state index in [0.717, 1.165) is 16.7 Å². The van der Waals surface area contributed by atoms with Crippen molar-refractivity contribution in [3.8, 4) is 17.2 Å². The van der Waals surface area contributed by atoms with Crippen LogP contribution in [0.1, 0.15) is 54.7 Å².